The number of hydrogen-bond donors (Lipinski definition) is 2. The molecule has 1 aromatic rings. The third kappa shape index (κ3) is 10.4. The molecule has 1 atom stereocenters. The van der Waals surface area contributed by atoms with Gasteiger partial charge in [-0.3, -0.25) is 9.98 Å². The van der Waals surface area contributed by atoms with Gasteiger partial charge in [0.05, 0.1) is 5.57 Å². The van der Waals surface area contributed by atoms with Crippen LogP contribution in [0, 0.1) is 18.2 Å². The average Bonchev–Trinajstić information content (AvgIpc) is 2.94. The molecule has 0 saturated carbocycles. The van der Waals surface area contributed by atoms with Crippen LogP contribution in [0.4, 0.5) is 17.6 Å². The Labute approximate surface area is 261 Å². The predicted octanol–water partition coefficient (Wildman–Crippen LogP) is 9.30. The van der Waals surface area contributed by atoms with Crippen LogP contribution in [0.3, 0.4) is 0 Å². The van der Waals surface area contributed by atoms with E-state index in [-0.39, 0.29) is 11.4 Å². The van der Waals surface area contributed by atoms with Gasteiger partial charge < -0.3 is 10.6 Å². The van der Waals surface area contributed by atoms with E-state index < -0.39 is 17.2 Å². The Balaban J connectivity index is 3.85. The van der Waals surface area contributed by atoms with Gasteiger partial charge in [-0.15, -0.1) is 0 Å². The highest BCUT2D eigenvalue weighted by Gasteiger charge is 2.33. The Morgan fingerprint density at radius 1 is 1.09 bits per heavy atom. The Morgan fingerprint density at radius 2 is 1.75 bits per heavy atom. The molecule has 0 saturated heterocycles. The van der Waals surface area contributed by atoms with Crippen molar-refractivity contribution in [1.29, 1.82) is 0 Å². The number of aliphatic imine (C=N–C) groups is 2. The maximum absolute atomic E-state index is 14.5. The number of nitrogens with zero attached hydrogens (tertiary/aromatic N) is 2. The van der Waals surface area contributed by atoms with Crippen LogP contribution in [-0.2, 0) is 6.42 Å². The molecule has 0 radical (unpaired) electrons. The fourth-order valence-electron chi connectivity index (χ4n) is 5.16. The highest BCUT2D eigenvalue weighted by molar-refractivity contribution is 5.87. The number of allylic oxidation sites excluding steroid dienone is 7. The Bertz CT molecular complexity index is 1390. The van der Waals surface area contributed by atoms with Gasteiger partial charge in [-0.1, -0.05) is 49.9 Å². The lowest BCUT2D eigenvalue weighted by Crippen LogP contribution is -2.27. The fraction of sp³-hybridized carbons (Fsp3) is 0.389. The molecule has 2 N–H and O–H groups in total. The van der Waals surface area contributed by atoms with Crippen molar-refractivity contribution in [3.63, 3.8) is 0 Å². The topological polar surface area (TPSA) is 48.8 Å². The lowest BCUT2D eigenvalue weighted by molar-refractivity contribution is -0.0883. The quantitative estimate of drug-likeness (QED) is 0.0846. The van der Waals surface area contributed by atoms with E-state index in [1.807, 2.05) is 27.0 Å². The molecular weight excluding hydrogens is 564 g/mol. The summed E-state index contributed by atoms with van der Waals surface area (Å²) in [5, 5.41) is 6.48. The largest absolute Gasteiger partial charge is 0.416 e. The molecule has 0 amide bonds. The molecule has 8 heteroatoms. The first-order chi connectivity index (χ1) is 20.6. The highest BCUT2D eigenvalue weighted by Crippen LogP contribution is 2.41. The smallest absolute Gasteiger partial charge is 0.355 e. The molecule has 240 valence electrons. The second-order valence-electron chi connectivity index (χ2n) is 11.0. The van der Waals surface area contributed by atoms with Crippen LogP contribution in [0.2, 0.25) is 0 Å². The summed E-state index contributed by atoms with van der Waals surface area (Å²) in [4.78, 5) is 7.83. The van der Waals surface area contributed by atoms with Crippen molar-refractivity contribution in [2.24, 2.45) is 15.4 Å². The summed E-state index contributed by atoms with van der Waals surface area (Å²) >= 11 is 0. The first-order valence-corrected chi connectivity index (χ1v) is 14.5. The SMILES string of the molecule is C=N/C=C(\C=N/C)C(=C/C(=C\C)C(F)(F)F)/C(=C\C)NC(=C)/C(C(=C)C)=C(\C)C(C)(CCCNC)Cc1cccc(F)c1C. The second kappa shape index (κ2) is 17.5. The second-order valence-corrected chi connectivity index (χ2v) is 11.0. The number of nitrogens with one attached hydrogen (secondary N) is 2. The zero-order valence-electron chi connectivity index (χ0n) is 27.5. The van der Waals surface area contributed by atoms with E-state index in [0.29, 0.717) is 29.0 Å². The number of rotatable bonds is 16. The maximum Gasteiger partial charge on any atom is 0.416 e. The van der Waals surface area contributed by atoms with Gasteiger partial charge in [-0.2, -0.15) is 13.2 Å². The molecule has 0 bridgehead atoms. The molecular formula is C36H48F4N4. The Morgan fingerprint density at radius 3 is 2.25 bits per heavy atom. The minimum absolute atomic E-state index is 0.211. The molecule has 0 aromatic heterocycles. The zero-order valence-corrected chi connectivity index (χ0v) is 27.5. The summed E-state index contributed by atoms with van der Waals surface area (Å²) in [7, 11) is 3.42. The van der Waals surface area contributed by atoms with E-state index in [4.69, 9.17) is 0 Å². The van der Waals surface area contributed by atoms with Crippen molar-refractivity contribution in [3.8, 4) is 0 Å². The molecule has 0 aliphatic rings. The third-order valence-electron chi connectivity index (χ3n) is 7.74. The summed E-state index contributed by atoms with van der Waals surface area (Å²) in [5.74, 6) is -0.252. The van der Waals surface area contributed by atoms with Crippen LogP contribution in [0.5, 0.6) is 0 Å². The first kappa shape index (κ1) is 38.2. The van der Waals surface area contributed by atoms with Crippen LogP contribution in [0.25, 0.3) is 0 Å². The minimum Gasteiger partial charge on any atom is -0.355 e. The standard InChI is InChI=1S/C36H48F4N4/c1-12-30(36(38,39)40)20-31(29(22-42-10)23-43-11)33(13-2)44-27(7)34(24(3)4)26(6)35(8,18-15-19-41-9)21-28-16-14-17-32(37)25(28)5/h12-14,16-17,20,22-23,41,44H,3,7,10,15,18-19,21H2,1-2,4-6,8-9,11H3/b29-22+,30-12+,31-20-,33-13+,34-26+,43-23-. The van der Waals surface area contributed by atoms with Gasteiger partial charge in [0, 0.05) is 42.0 Å². The van der Waals surface area contributed by atoms with Crippen molar-refractivity contribution in [2.45, 2.75) is 67.0 Å². The highest BCUT2D eigenvalue weighted by atomic mass is 19.4. The summed E-state index contributed by atoms with van der Waals surface area (Å²) in [6.07, 6.45) is 4.21. The maximum atomic E-state index is 14.5. The number of hydrogen-bond acceptors (Lipinski definition) is 4. The third-order valence-corrected chi connectivity index (χ3v) is 7.74. The summed E-state index contributed by atoms with van der Waals surface area (Å²) in [6, 6.07) is 5.13. The molecule has 0 aliphatic heterocycles. The van der Waals surface area contributed by atoms with Crippen molar-refractivity contribution in [2.75, 3.05) is 20.6 Å². The molecule has 0 fully saturated rings. The Kier molecular flexibility index (Phi) is 15.2. The van der Waals surface area contributed by atoms with E-state index in [1.54, 1.807) is 26.0 Å². The monoisotopic (exact) mass is 612 g/mol. The molecule has 1 rings (SSSR count). The zero-order chi connectivity index (χ0) is 33.7. The van der Waals surface area contributed by atoms with Gasteiger partial charge in [0.1, 0.15) is 5.82 Å². The molecule has 0 heterocycles. The summed E-state index contributed by atoms with van der Waals surface area (Å²) < 4.78 is 56.1. The lowest BCUT2D eigenvalue weighted by atomic mass is 9.71. The van der Waals surface area contributed by atoms with Crippen molar-refractivity contribution in [3.05, 3.63) is 118 Å². The van der Waals surface area contributed by atoms with Crippen LogP contribution in [0.15, 0.2) is 111 Å². The van der Waals surface area contributed by atoms with Gasteiger partial charge in [-0.25, -0.2) is 4.39 Å². The Hall–Kier alpha value is -3.78. The van der Waals surface area contributed by atoms with Gasteiger partial charge in [0.25, 0.3) is 0 Å². The molecule has 0 aliphatic carbocycles. The van der Waals surface area contributed by atoms with E-state index >= 15 is 0 Å². The lowest BCUT2D eigenvalue weighted by Gasteiger charge is -2.35. The first-order valence-electron chi connectivity index (χ1n) is 14.5. The van der Waals surface area contributed by atoms with Crippen molar-refractivity contribution >= 4 is 12.9 Å². The summed E-state index contributed by atoms with van der Waals surface area (Å²) in [6.45, 7) is 23.7. The normalized spacial score (nSPS) is 15.6. The van der Waals surface area contributed by atoms with Crippen molar-refractivity contribution in [1.82, 2.24) is 10.6 Å². The van der Waals surface area contributed by atoms with Crippen LogP contribution < -0.4 is 10.6 Å². The number of alkyl halides is 3. The fourth-order valence-corrected chi connectivity index (χ4v) is 5.16. The number of halogens is 4. The van der Waals surface area contributed by atoms with Gasteiger partial charge in [-0.05, 0) is 114 Å². The van der Waals surface area contributed by atoms with Gasteiger partial charge >= 0.3 is 6.18 Å². The van der Waals surface area contributed by atoms with E-state index in [2.05, 4.69) is 47.4 Å². The molecule has 4 nitrogen and oxygen atoms in total. The van der Waals surface area contributed by atoms with Gasteiger partial charge in [0.15, 0.2) is 0 Å². The molecule has 0 spiro atoms. The molecule has 44 heavy (non-hydrogen) atoms. The van der Waals surface area contributed by atoms with Crippen LogP contribution in [0.1, 0.15) is 58.6 Å². The molecule has 1 unspecified atom stereocenters. The molecule has 1 aromatic carbocycles. The van der Waals surface area contributed by atoms with Crippen LogP contribution >= 0.6 is 0 Å². The van der Waals surface area contributed by atoms with Crippen LogP contribution in [-0.4, -0.2) is 39.7 Å². The summed E-state index contributed by atoms with van der Waals surface area (Å²) in [5.41, 5.74) is 4.16. The van der Waals surface area contributed by atoms with E-state index in [0.717, 1.165) is 53.8 Å². The minimum atomic E-state index is -4.57. The predicted molar refractivity (Wildman–Crippen MR) is 180 cm³/mol. The average molecular weight is 613 g/mol. The van der Waals surface area contributed by atoms with E-state index in [9.17, 15) is 17.6 Å². The number of benzene rings is 1. The van der Waals surface area contributed by atoms with Gasteiger partial charge in [0.2, 0.25) is 0 Å². The van der Waals surface area contributed by atoms with E-state index in [1.165, 1.54) is 32.5 Å². The van der Waals surface area contributed by atoms with Crippen molar-refractivity contribution < 1.29 is 17.6 Å².